The van der Waals surface area contributed by atoms with E-state index in [1.807, 2.05) is 54.2 Å². The molecule has 136 valence electrons. The standard InChI is InChI=1S/C20H24N4O2/c1-22(2)17-9-7-16(8-10-17)19(25)23-12-5-13-24(15-14-23)20(26)18-6-3-4-11-21-18/h3-4,6-11H,5,12-15H2,1-2H3. The number of carbonyl (C=O) groups excluding carboxylic acids is 2. The van der Waals surface area contributed by atoms with Crippen molar-refractivity contribution < 1.29 is 9.59 Å². The number of amides is 2. The lowest BCUT2D eigenvalue weighted by atomic mass is 10.1. The molecular formula is C20H24N4O2. The fourth-order valence-corrected chi connectivity index (χ4v) is 3.06. The monoisotopic (exact) mass is 352 g/mol. The van der Waals surface area contributed by atoms with E-state index in [1.54, 1.807) is 23.2 Å². The second kappa shape index (κ2) is 7.99. The molecule has 2 heterocycles. The van der Waals surface area contributed by atoms with Crippen LogP contribution in [0.25, 0.3) is 0 Å². The van der Waals surface area contributed by atoms with Gasteiger partial charge in [0.25, 0.3) is 11.8 Å². The van der Waals surface area contributed by atoms with Crippen molar-refractivity contribution in [3.05, 3.63) is 59.9 Å². The molecule has 2 aromatic rings. The van der Waals surface area contributed by atoms with Gasteiger partial charge in [-0.05, 0) is 42.8 Å². The first-order chi connectivity index (χ1) is 12.6. The lowest BCUT2D eigenvalue weighted by Gasteiger charge is -2.22. The minimum atomic E-state index is -0.0739. The quantitative estimate of drug-likeness (QED) is 0.849. The minimum Gasteiger partial charge on any atom is -0.378 e. The van der Waals surface area contributed by atoms with Gasteiger partial charge in [0.05, 0.1) is 0 Å². The Kier molecular flexibility index (Phi) is 5.51. The SMILES string of the molecule is CN(C)c1ccc(C(=O)N2CCCN(C(=O)c3ccccn3)CC2)cc1. The van der Waals surface area contributed by atoms with Gasteiger partial charge in [0.2, 0.25) is 0 Å². The van der Waals surface area contributed by atoms with Crippen LogP contribution in [-0.2, 0) is 0 Å². The van der Waals surface area contributed by atoms with Crippen molar-refractivity contribution in [1.82, 2.24) is 14.8 Å². The summed E-state index contributed by atoms with van der Waals surface area (Å²) in [6, 6.07) is 12.9. The molecule has 0 spiro atoms. The van der Waals surface area contributed by atoms with Crippen LogP contribution in [0.5, 0.6) is 0 Å². The largest absolute Gasteiger partial charge is 0.378 e. The fourth-order valence-electron chi connectivity index (χ4n) is 3.06. The third-order valence-electron chi connectivity index (χ3n) is 4.58. The van der Waals surface area contributed by atoms with Gasteiger partial charge in [-0.15, -0.1) is 0 Å². The highest BCUT2D eigenvalue weighted by atomic mass is 16.2. The van der Waals surface area contributed by atoms with Gasteiger partial charge < -0.3 is 14.7 Å². The zero-order valence-corrected chi connectivity index (χ0v) is 15.3. The fraction of sp³-hybridized carbons (Fsp3) is 0.350. The van der Waals surface area contributed by atoms with Crippen LogP contribution in [0.1, 0.15) is 27.3 Å². The van der Waals surface area contributed by atoms with Gasteiger partial charge >= 0.3 is 0 Å². The van der Waals surface area contributed by atoms with E-state index < -0.39 is 0 Å². The first kappa shape index (κ1) is 17.9. The zero-order chi connectivity index (χ0) is 18.5. The van der Waals surface area contributed by atoms with Crippen molar-refractivity contribution >= 4 is 17.5 Å². The van der Waals surface area contributed by atoms with Crippen molar-refractivity contribution in [2.45, 2.75) is 6.42 Å². The third-order valence-corrected chi connectivity index (χ3v) is 4.58. The normalized spacial score (nSPS) is 14.7. The van der Waals surface area contributed by atoms with E-state index in [0.29, 0.717) is 37.4 Å². The highest BCUT2D eigenvalue weighted by Crippen LogP contribution is 2.15. The van der Waals surface area contributed by atoms with Gasteiger partial charge in [0.1, 0.15) is 5.69 Å². The summed E-state index contributed by atoms with van der Waals surface area (Å²) in [4.78, 5) is 35.1. The molecule has 1 aromatic heterocycles. The molecule has 1 fully saturated rings. The second-order valence-electron chi connectivity index (χ2n) is 6.59. The third kappa shape index (κ3) is 4.02. The number of aromatic nitrogens is 1. The van der Waals surface area contributed by atoms with Gasteiger partial charge in [-0.2, -0.15) is 0 Å². The zero-order valence-electron chi connectivity index (χ0n) is 15.3. The van der Waals surface area contributed by atoms with Crippen molar-refractivity contribution in [1.29, 1.82) is 0 Å². The van der Waals surface area contributed by atoms with Crippen LogP contribution in [0.2, 0.25) is 0 Å². The average Bonchev–Trinajstić information content (AvgIpc) is 2.94. The summed E-state index contributed by atoms with van der Waals surface area (Å²) >= 11 is 0. The summed E-state index contributed by atoms with van der Waals surface area (Å²) in [5, 5.41) is 0. The summed E-state index contributed by atoms with van der Waals surface area (Å²) in [6.45, 7) is 2.35. The van der Waals surface area contributed by atoms with Crippen LogP contribution in [0, 0.1) is 0 Å². The van der Waals surface area contributed by atoms with Crippen LogP contribution < -0.4 is 4.90 Å². The number of nitrogens with zero attached hydrogens (tertiary/aromatic N) is 4. The van der Waals surface area contributed by atoms with Crippen LogP contribution in [0.4, 0.5) is 5.69 Å². The van der Waals surface area contributed by atoms with E-state index in [9.17, 15) is 9.59 Å². The van der Waals surface area contributed by atoms with Crippen molar-refractivity contribution in [3.63, 3.8) is 0 Å². The molecule has 0 saturated carbocycles. The number of rotatable bonds is 3. The van der Waals surface area contributed by atoms with E-state index >= 15 is 0 Å². The molecule has 1 aromatic carbocycles. The molecule has 3 rings (SSSR count). The number of anilines is 1. The molecule has 0 N–H and O–H groups in total. The first-order valence-electron chi connectivity index (χ1n) is 8.83. The Morgan fingerprint density at radius 2 is 1.54 bits per heavy atom. The molecule has 26 heavy (non-hydrogen) atoms. The van der Waals surface area contributed by atoms with Gasteiger partial charge in [0, 0.05) is 57.7 Å². The number of carbonyl (C=O) groups is 2. The van der Waals surface area contributed by atoms with Crippen LogP contribution in [0.3, 0.4) is 0 Å². The van der Waals surface area contributed by atoms with Gasteiger partial charge in [0.15, 0.2) is 0 Å². The molecule has 1 saturated heterocycles. The number of hydrogen-bond acceptors (Lipinski definition) is 4. The molecular weight excluding hydrogens is 328 g/mol. The van der Waals surface area contributed by atoms with E-state index in [2.05, 4.69) is 4.98 Å². The second-order valence-corrected chi connectivity index (χ2v) is 6.59. The molecule has 0 unspecified atom stereocenters. The Labute approximate surface area is 154 Å². The summed E-state index contributed by atoms with van der Waals surface area (Å²) in [6.07, 6.45) is 2.39. The van der Waals surface area contributed by atoms with E-state index in [4.69, 9.17) is 0 Å². The number of benzene rings is 1. The Morgan fingerprint density at radius 3 is 2.12 bits per heavy atom. The lowest BCUT2D eigenvalue weighted by Crippen LogP contribution is -2.37. The first-order valence-corrected chi connectivity index (χ1v) is 8.83. The van der Waals surface area contributed by atoms with Crippen molar-refractivity contribution in [2.24, 2.45) is 0 Å². The van der Waals surface area contributed by atoms with E-state index in [1.165, 1.54) is 0 Å². The smallest absolute Gasteiger partial charge is 0.272 e. The van der Waals surface area contributed by atoms with E-state index in [0.717, 1.165) is 12.1 Å². The highest BCUT2D eigenvalue weighted by molar-refractivity contribution is 5.95. The Hall–Kier alpha value is -2.89. The maximum absolute atomic E-state index is 12.8. The molecule has 0 atom stereocenters. The minimum absolute atomic E-state index is 0.0161. The Balaban J connectivity index is 1.64. The molecule has 2 amide bonds. The van der Waals surface area contributed by atoms with Gasteiger partial charge in [-0.1, -0.05) is 6.07 Å². The average molecular weight is 352 g/mol. The molecule has 6 heteroatoms. The van der Waals surface area contributed by atoms with Crippen LogP contribution >= 0.6 is 0 Å². The number of pyridine rings is 1. The molecule has 0 radical (unpaired) electrons. The lowest BCUT2D eigenvalue weighted by molar-refractivity contribution is 0.0715. The van der Waals surface area contributed by atoms with Gasteiger partial charge in [-0.3, -0.25) is 14.6 Å². The Morgan fingerprint density at radius 1 is 0.885 bits per heavy atom. The summed E-state index contributed by atoms with van der Waals surface area (Å²) in [7, 11) is 3.94. The van der Waals surface area contributed by atoms with Crippen molar-refractivity contribution in [3.8, 4) is 0 Å². The molecule has 1 aliphatic rings. The highest BCUT2D eigenvalue weighted by Gasteiger charge is 2.24. The maximum Gasteiger partial charge on any atom is 0.272 e. The molecule has 6 nitrogen and oxygen atoms in total. The van der Waals surface area contributed by atoms with E-state index in [-0.39, 0.29) is 11.8 Å². The Bertz CT molecular complexity index is 759. The summed E-state index contributed by atoms with van der Waals surface area (Å²) in [5.41, 5.74) is 2.19. The molecule has 0 bridgehead atoms. The van der Waals surface area contributed by atoms with Crippen LogP contribution in [-0.4, -0.2) is 66.9 Å². The topological polar surface area (TPSA) is 56.8 Å². The van der Waals surface area contributed by atoms with Crippen molar-refractivity contribution in [2.75, 3.05) is 45.2 Å². The maximum atomic E-state index is 12.8. The summed E-state index contributed by atoms with van der Waals surface area (Å²) in [5.74, 6) is -0.0577. The number of hydrogen-bond donors (Lipinski definition) is 0. The van der Waals surface area contributed by atoms with Crippen LogP contribution in [0.15, 0.2) is 48.7 Å². The molecule has 0 aliphatic carbocycles. The predicted octanol–water partition coefficient (Wildman–Crippen LogP) is 2.14. The molecule has 1 aliphatic heterocycles. The van der Waals surface area contributed by atoms with Gasteiger partial charge in [-0.25, -0.2) is 0 Å². The summed E-state index contributed by atoms with van der Waals surface area (Å²) < 4.78 is 0. The predicted molar refractivity (Wildman–Crippen MR) is 101 cm³/mol.